The number of thioether (sulfide) groups is 1. The molecule has 6 nitrogen and oxygen atoms in total. The SMILES string of the molecule is O=C(O)C1SCC/C1=N\NC(=O)C(c1ccc(F)cc1)N1CCc2sccc2C1. The van der Waals surface area contributed by atoms with Gasteiger partial charge in [0, 0.05) is 18.0 Å². The molecule has 1 aromatic carbocycles. The third-order valence-corrected chi connectivity index (χ3v) is 7.39. The number of nitrogens with one attached hydrogen (secondary N) is 1. The summed E-state index contributed by atoms with van der Waals surface area (Å²) < 4.78 is 13.4. The fourth-order valence-electron chi connectivity index (χ4n) is 3.69. The van der Waals surface area contributed by atoms with Gasteiger partial charge < -0.3 is 5.11 Å². The summed E-state index contributed by atoms with van der Waals surface area (Å²) in [5.41, 5.74) is 4.92. The highest BCUT2D eigenvalue weighted by Gasteiger charge is 2.33. The van der Waals surface area contributed by atoms with Crippen LogP contribution in [-0.2, 0) is 22.6 Å². The Balaban J connectivity index is 1.57. The number of nitrogens with zero attached hydrogens (tertiary/aromatic N) is 2. The van der Waals surface area contributed by atoms with E-state index in [9.17, 15) is 19.1 Å². The van der Waals surface area contributed by atoms with Crippen molar-refractivity contribution >= 4 is 40.7 Å². The lowest BCUT2D eigenvalue weighted by molar-refractivity contribution is -0.135. The second-order valence-corrected chi connectivity index (χ2v) is 9.18. The second-order valence-electron chi connectivity index (χ2n) is 6.96. The van der Waals surface area contributed by atoms with E-state index in [2.05, 4.69) is 26.9 Å². The van der Waals surface area contributed by atoms with Crippen molar-refractivity contribution in [3.8, 4) is 0 Å². The minimum absolute atomic E-state index is 0.344. The number of thiophene rings is 1. The van der Waals surface area contributed by atoms with Gasteiger partial charge in [0.05, 0.1) is 5.71 Å². The van der Waals surface area contributed by atoms with Crippen molar-refractivity contribution in [2.24, 2.45) is 5.10 Å². The van der Waals surface area contributed by atoms with Crippen LogP contribution in [0.1, 0.15) is 28.5 Å². The summed E-state index contributed by atoms with van der Waals surface area (Å²) in [5.74, 6) is -0.986. The first-order valence-electron chi connectivity index (χ1n) is 9.28. The average molecular weight is 434 g/mol. The third kappa shape index (κ3) is 4.36. The maximum atomic E-state index is 13.4. The molecule has 0 spiro atoms. The summed E-state index contributed by atoms with van der Waals surface area (Å²) in [6, 6.07) is 7.35. The molecule has 9 heteroatoms. The fourth-order valence-corrected chi connectivity index (χ4v) is 5.65. The van der Waals surface area contributed by atoms with Gasteiger partial charge in [-0.05, 0) is 53.3 Å². The van der Waals surface area contributed by atoms with Crippen molar-refractivity contribution in [1.82, 2.24) is 10.3 Å². The van der Waals surface area contributed by atoms with E-state index < -0.39 is 17.3 Å². The molecule has 2 atom stereocenters. The van der Waals surface area contributed by atoms with Crippen LogP contribution in [0.4, 0.5) is 4.39 Å². The number of aliphatic carboxylic acids is 1. The van der Waals surface area contributed by atoms with Crippen molar-refractivity contribution in [1.29, 1.82) is 0 Å². The van der Waals surface area contributed by atoms with Gasteiger partial charge >= 0.3 is 5.97 Å². The molecular formula is C20H20FN3O3S2. The first-order valence-corrected chi connectivity index (χ1v) is 11.2. The Kier molecular flexibility index (Phi) is 5.98. The highest BCUT2D eigenvalue weighted by molar-refractivity contribution is 8.01. The van der Waals surface area contributed by atoms with E-state index in [1.54, 1.807) is 23.5 Å². The van der Waals surface area contributed by atoms with Crippen molar-refractivity contribution in [3.05, 3.63) is 57.5 Å². The van der Waals surface area contributed by atoms with Gasteiger partial charge in [0.1, 0.15) is 17.1 Å². The average Bonchev–Trinajstić information content (AvgIpc) is 3.37. The second kappa shape index (κ2) is 8.64. The predicted molar refractivity (Wildman–Crippen MR) is 112 cm³/mol. The third-order valence-electron chi connectivity index (χ3n) is 5.12. The van der Waals surface area contributed by atoms with Crippen molar-refractivity contribution in [2.45, 2.75) is 30.7 Å². The Labute approximate surface area is 175 Å². The van der Waals surface area contributed by atoms with Crippen molar-refractivity contribution < 1.29 is 19.1 Å². The summed E-state index contributed by atoms with van der Waals surface area (Å²) in [5, 5.41) is 14.8. The number of carbonyl (C=O) groups is 2. The van der Waals surface area contributed by atoms with Gasteiger partial charge in [-0.3, -0.25) is 14.5 Å². The van der Waals surface area contributed by atoms with Crippen LogP contribution in [-0.4, -0.2) is 45.1 Å². The number of carboxylic acid groups (broad SMARTS) is 1. The molecule has 2 aliphatic rings. The summed E-state index contributed by atoms with van der Waals surface area (Å²) in [7, 11) is 0. The highest BCUT2D eigenvalue weighted by atomic mass is 32.2. The predicted octanol–water partition coefficient (Wildman–Crippen LogP) is 3.05. The van der Waals surface area contributed by atoms with Crippen molar-refractivity contribution in [3.63, 3.8) is 0 Å². The molecule has 2 aliphatic heterocycles. The molecule has 29 heavy (non-hydrogen) atoms. The standard InChI is InChI=1S/C20H20FN3O3S2/c21-14-3-1-12(2-4-14)17(24-8-5-16-13(11-24)6-9-28-16)19(25)23-22-15-7-10-29-18(15)20(26)27/h1-4,6,9,17-18H,5,7-8,10-11H2,(H,23,25)(H,26,27)/b22-15+. The number of rotatable bonds is 5. The van der Waals surface area contributed by atoms with Gasteiger partial charge in [-0.1, -0.05) is 12.1 Å². The molecule has 0 saturated carbocycles. The Morgan fingerprint density at radius 1 is 1.24 bits per heavy atom. The van der Waals surface area contributed by atoms with Crippen LogP contribution in [0, 0.1) is 5.82 Å². The summed E-state index contributed by atoms with van der Waals surface area (Å²) in [6.07, 6.45) is 1.38. The van der Waals surface area contributed by atoms with Crippen LogP contribution in [0.5, 0.6) is 0 Å². The number of hydrogen-bond acceptors (Lipinski definition) is 6. The molecule has 0 radical (unpaired) electrons. The van der Waals surface area contributed by atoms with Crippen LogP contribution in [0.25, 0.3) is 0 Å². The van der Waals surface area contributed by atoms with Crippen LogP contribution >= 0.6 is 23.1 Å². The van der Waals surface area contributed by atoms with Crippen LogP contribution in [0.2, 0.25) is 0 Å². The Hall–Kier alpha value is -2.23. The molecule has 2 unspecified atom stereocenters. The Bertz CT molecular complexity index is 945. The number of fused-ring (bicyclic) bond motifs is 1. The Morgan fingerprint density at radius 2 is 2.03 bits per heavy atom. The van der Waals surface area contributed by atoms with Gasteiger partial charge in [-0.2, -0.15) is 5.10 Å². The first kappa shape index (κ1) is 20.1. The maximum absolute atomic E-state index is 13.4. The van der Waals surface area contributed by atoms with Gasteiger partial charge in [0.2, 0.25) is 0 Å². The number of carboxylic acids is 1. The summed E-state index contributed by atoms with van der Waals surface area (Å²) in [6.45, 7) is 1.33. The monoisotopic (exact) mass is 433 g/mol. The van der Waals surface area contributed by atoms with Gasteiger partial charge in [-0.15, -0.1) is 23.1 Å². The molecule has 0 bridgehead atoms. The molecule has 2 N–H and O–H groups in total. The maximum Gasteiger partial charge on any atom is 0.322 e. The molecule has 4 rings (SSSR count). The molecule has 2 aromatic rings. The lowest BCUT2D eigenvalue weighted by Crippen LogP contribution is -2.42. The van der Waals surface area contributed by atoms with E-state index in [1.165, 1.54) is 34.3 Å². The zero-order valence-electron chi connectivity index (χ0n) is 15.5. The number of benzene rings is 1. The van der Waals surface area contributed by atoms with Crippen LogP contribution in [0.3, 0.4) is 0 Å². The quantitative estimate of drug-likeness (QED) is 0.709. The molecule has 152 valence electrons. The van der Waals surface area contributed by atoms with E-state index in [0.29, 0.717) is 36.5 Å². The highest BCUT2D eigenvalue weighted by Crippen LogP contribution is 2.31. The first-order chi connectivity index (χ1) is 14.0. The van der Waals surface area contributed by atoms with E-state index in [-0.39, 0.29) is 11.7 Å². The molecular weight excluding hydrogens is 413 g/mol. The van der Waals surface area contributed by atoms with Crippen LogP contribution in [0.15, 0.2) is 40.8 Å². The number of hydrazone groups is 1. The van der Waals surface area contributed by atoms with Gasteiger partial charge in [0.25, 0.3) is 5.91 Å². The van der Waals surface area contributed by atoms with E-state index in [0.717, 1.165) is 6.42 Å². The van der Waals surface area contributed by atoms with E-state index >= 15 is 0 Å². The zero-order chi connectivity index (χ0) is 20.4. The number of carbonyl (C=O) groups excluding carboxylic acids is 1. The lowest BCUT2D eigenvalue weighted by atomic mass is 10.0. The molecule has 3 heterocycles. The van der Waals surface area contributed by atoms with E-state index in [1.807, 2.05) is 0 Å². The number of amides is 1. The van der Waals surface area contributed by atoms with Gasteiger partial charge in [-0.25, -0.2) is 9.82 Å². The number of hydrogen-bond donors (Lipinski definition) is 2. The minimum Gasteiger partial charge on any atom is -0.480 e. The molecule has 1 amide bonds. The lowest BCUT2D eigenvalue weighted by Gasteiger charge is -2.33. The summed E-state index contributed by atoms with van der Waals surface area (Å²) in [4.78, 5) is 27.8. The molecule has 0 aliphatic carbocycles. The normalized spacial score (nSPS) is 21.7. The molecule has 1 saturated heterocycles. The van der Waals surface area contributed by atoms with Gasteiger partial charge in [0.15, 0.2) is 0 Å². The van der Waals surface area contributed by atoms with E-state index in [4.69, 9.17) is 0 Å². The zero-order valence-corrected chi connectivity index (χ0v) is 17.1. The molecule has 1 fully saturated rings. The van der Waals surface area contributed by atoms with Crippen LogP contribution < -0.4 is 5.43 Å². The molecule has 1 aromatic heterocycles. The van der Waals surface area contributed by atoms with Crippen molar-refractivity contribution in [2.75, 3.05) is 12.3 Å². The minimum atomic E-state index is -0.948. The summed E-state index contributed by atoms with van der Waals surface area (Å²) >= 11 is 3.02. The Morgan fingerprint density at radius 3 is 2.79 bits per heavy atom. The number of halogens is 1. The fraction of sp³-hybridized carbons (Fsp3) is 0.350. The smallest absolute Gasteiger partial charge is 0.322 e. The topological polar surface area (TPSA) is 82.0 Å². The largest absolute Gasteiger partial charge is 0.480 e.